The van der Waals surface area contributed by atoms with E-state index in [1.54, 1.807) is 10.9 Å². The van der Waals surface area contributed by atoms with E-state index in [0.29, 0.717) is 18.8 Å². The van der Waals surface area contributed by atoms with Gasteiger partial charge in [0.25, 0.3) is 5.91 Å². The summed E-state index contributed by atoms with van der Waals surface area (Å²) < 4.78 is 7.89. The zero-order valence-electron chi connectivity index (χ0n) is 16.7. The number of amides is 1. The average molecular weight is 398 g/mol. The summed E-state index contributed by atoms with van der Waals surface area (Å²) in [7, 11) is 1.81. The van der Waals surface area contributed by atoms with Gasteiger partial charge in [-0.25, -0.2) is 0 Å². The molecular formula is C24H22N4O2. The van der Waals surface area contributed by atoms with Crippen LogP contribution in [0.2, 0.25) is 0 Å². The van der Waals surface area contributed by atoms with Crippen molar-refractivity contribution in [1.82, 2.24) is 19.7 Å². The van der Waals surface area contributed by atoms with Crippen molar-refractivity contribution >= 4 is 16.8 Å². The number of para-hydroxylation sites is 1. The lowest BCUT2D eigenvalue weighted by Crippen LogP contribution is -2.32. The zero-order chi connectivity index (χ0) is 20.5. The number of benzene rings is 2. The standard InChI is InChI=1S/C24H22N4O2/c1-27-21(15-20(26-27)17-7-3-2-4-8-17)24(29)28-14-12-19(16-28)30-22-11-5-9-18-10-6-13-25-23(18)22/h2-11,13,15,19H,12,14,16H2,1H3/t19-/m1/s1. The fourth-order valence-corrected chi connectivity index (χ4v) is 3.94. The van der Waals surface area contributed by atoms with Gasteiger partial charge in [0.05, 0.1) is 12.2 Å². The van der Waals surface area contributed by atoms with E-state index < -0.39 is 0 Å². The first kappa shape index (κ1) is 18.4. The Hall–Kier alpha value is -3.67. The molecule has 0 radical (unpaired) electrons. The molecule has 0 spiro atoms. The Morgan fingerprint density at radius 1 is 1.07 bits per heavy atom. The summed E-state index contributed by atoms with van der Waals surface area (Å²) in [6, 6.07) is 21.6. The molecule has 3 heterocycles. The Balaban J connectivity index is 1.31. The van der Waals surface area contributed by atoms with E-state index in [9.17, 15) is 4.79 Å². The SMILES string of the molecule is Cn1nc(-c2ccccc2)cc1C(=O)N1CC[C@@H](Oc2cccc3cccnc23)C1. The molecule has 2 aromatic carbocycles. The molecule has 6 heteroatoms. The number of aromatic nitrogens is 3. The van der Waals surface area contributed by atoms with E-state index >= 15 is 0 Å². The van der Waals surface area contributed by atoms with Gasteiger partial charge in [0.1, 0.15) is 23.1 Å². The molecule has 1 atom stereocenters. The predicted molar refractivity (Wildman–Crippen MR) is 115 cm³/mol. The molecule has 1 aliphatic rings. The number of hydrogen-bond acceptors (Lipinski definition) is 4. The molecule has 150 valence electrons. The maximum absolute atomic E-state index is 13.1. The third kappa shape index (κ3) is 3.41. The maximum atomic E-state index is 13.1. The van der Waals surface area contributed by atoms with E-state index in [0.717, 1.165) is 34.3 Å². The number of fused-ring (bicyclic) bond motifs is 1. The Morgan fingerprint density at radius 3 is 2.77 bits per heavy atom. The molecule has 1 aliphatic heterocycles. The Morgan fingerprint density at radius 2 is 1.90 bits per heavy atom. The minimum Gasteiger partial charge on any atom is -0.486 e. The summed E-state index contributed by atoms with van der Waals surface area (Å²) >= 11 is 0. The van der Waals surface area contributed by atoms with Crippen molar-refractivity contribution < 1.29 is 9.53 Å². The van der Waals surface area contributed by atoms with Crippen LogP contribution in [0.25, 0.3) is 22.2 Å². The Labute approximate surface area is 174 Å². The minimum atomic E-state index is -0.0524. The number of aryl methyl sites for hydroxylation is 1. The molecule has 1 saturated heterocycles. The lowest BCUT2D eigenvalue weighted by molar-refractivity contribution is 0.0762. The van der Waals surface area contributed by atoms with E-state index in [4.69, 9.17) is 4.74 Å². The van der Waals surface area contributed by atoms with Gasteiger partial charge in [0.15, 0.2) is 0 Å². The van der Waals surface area contributed by atoms with E-state index in [2.05, 4.69) is 10.1 Å². The monoisotopic (exact) mass is 398 g/mol. The van der Waals surface area contributed by atoms with Crippen LogP contribution in [-0.4, -0.2) is 44.8 Å². The molecular weight excluding hydrogens is 376 g/mol. The van der Waals surface area contributed by atoms with Gasteiger partial charge in [-0.2, -0.15) is 5.10 Å². The second kappa shape index (κ2) is 7.63. The third-order valence-electron chi connectivity index (χ3n) is 5.49. The van der Waals surface area contributed by atoms with Gasteiger partial charge >= 0.3 is 0 Å². The summed E-state index contributed by atoms with van der Waals surface area (Å²) in [5.74, 6) is 0.744. The molecule has 1 fully saturated rings. The number of carbonyl (C=O) groups is 1. The number of carbonyl (C=O) groups excluding carboxylic acids is 1. The van der Waals surface area contributed by atoms with Crippen molar-refractivity contribution in [3.63, 3.8) is 0 Å². The van der Waals surface area contributed by atoms with Crippen LogP contribution in [0.15, 0.2) is 72.9 Å². The van der Waals surface area contributed by atoms with Crippen molar-refractivity contribution in [2.75, 3.05) is 13.1 Å². The summed E-state index contributed by atoms with van der Waals surface area (Å²) in [4.78, 5) is 19.4. The second-order valence-electron chi connectivity index (χ2n) is 7.52. The largest absolute Gasteiger partial charge is 0.486 e. The summed E-state index contributed by atoms with van der Waals surface area (Å²) in [6.45, 7) is 1.21. The van der Waals surface area contributed by atoms with Crippen LogP contribution in [-0.2, 0) is 7.05 Å². The number of nitrogens with zero attached hydrogens (tertiary/aromatic N) is 4. The lowest BCUT2D eigenvalue weighted by atomic mass is 10.1. The zero-order valence-corrected chi connectivity index (χ0v) is 16.7. The van der Waals surface area contributed by atoms with E-state index in [1.807, 2.05) is 78.7 Å². The highest BCUT2D eigenvalue weighted by Gasteiger charge is 2.30. The molecule has 2 aromatic heterocycles. The molecule has 0 aliphatic carbocycles. The van der Waals surface area contributed by atoms with Gasteiger partial charge in [0.2, 0.25) is 0 Å². The number of likely N-dealkylation sites (tertiary alicyclic amines) is 1. The Kier molecular flexibility index (Phi) is 4.67. The molecule has 0 saturated carbocycles. The van der Waals surface area contributed by atoms with E-state index in [-0.39, 0.29) is 12.0 Å². The van der Waals surface area contributed by atoms with Gasteiger partial charge in [-0.05, 0) is 18.2 Å². The summed E-state index contributed by atoms with van der Waals surface area (Å²) in [6.07, 6.45) is 2.51. The molecule has 4 aromatic rings. The third-order valence-corrected chi connectivity index (χ3v) is 5.49. The smallest absolute Gasteiger partial charge is 0.272 e. The highest BCUT2D eigenvalue weighted by Crippen LogP contribution is 2.27. The van der Waals surface area contributed by atoms with E-state index in [1.165, 1.54) is 0 Å². The van der Waals surface area contributed by atoms with Gasteiger partial charge in [-0.15, -0.1) is 0 Å². The fourth-order valence-electron chi connectivity index (χ4n) is 3.94. The van der Waals surface area contributed by atoms with Crippen LogP contribution < -0.4 is 4.74 Å². The molecule has 1 amide bonds. The van der Waals surface area contributed by atoms with Gasteiger partial charge in [-0.1, -0.05) is 48.5 Å². The average Bonchev–Trinajstić information content (AvgIpc) is 3.41. The molecule has 6 nitrogen and oxygen atoms in total. The normalized spacial score (nSPS) is 16.2. The van der Waals surface area contributed by atoms with Gasteiger partial charge < -0.3 is 9.64 Å². The van der Waals surface area contributed by atoms with Crippen molar-refractivity contribution in [3.8, 4) is 17.0 Å². The molecule has 0 N–H and O–H groups in total. The van der Waals surface area contributed by atoms with Gasteiger partial charge in [-0.3, -0.25) is 14.5 Å². The first-order valence-electron chi connectivity index (χ1n) is 10.1. The predicted octanol–water partition coefficient (Wildman–Crippen LogP) is 3.93. The first-order valence-corrected chi connectivity index (χ1v) is 10.1. The number of rotatable bonds is 4. The quantitative estimate of drug-likeness (QED) is 0.523. The van der Waals surface area contributed by atoms with Crippen LogP contribution in [0.1, 0.15) is 16.9 Å². The van der Waals surface area contributed by atoms with Gasteiger partial charge in [0, 0.05) is 37.2 Å². The van der Waals surface area contributed by atoms with Crippen molar-refractivity contribution in [1.29, 1.82) is 0 Å². The highest BCUT2D eigenvalue weighted by molar-refractivity contribution is 5.94. The van der Waals surface area contributed by atoms with Crippen LogP contribution in [0.4, 0.5) is 0 Å². The van der Waals surface area contributed by atoms with Crippen LogP contribution >= 0.6 is 0 Å². The number of pyridine rings is 1. The van der Waals surface area contributed by atoms with Crippen LogP contribution in [0.5, 0.6) is 5.75 Å². The van der Waals surface area contributed by atoms with Crippen LogP contribution in [0.3, 0.4) is 0 Å². The molecule has 30 heavy (non-hydrogen) atoms. The first-order chi connectivity index (χ1) is 14.7. The number of hydrogen-bond donors (Lipinski definition) is 0. The molecule has 0 bridgehead atoms. The molecule has 5 rings (SSSR count). The fraction of sp³-hybridized carbons (Fsp3) is 0.208. The topological polar surface area (TPSA) is 60.2 Å². The van der Waals surface area contributed by atoms with Crippen LogP contribution in [0, 0.1) is 0 Å². The Bertz CT molecular complexity index is 1200. The summed E-state index contributed by atoms with van der Waals surface area (Å²) in [5, 5.41) is 5.57. The maximum Gasteiger partial charge on any atom is 0.272 e. The minimum absolute atomic E-state index is 0.0191. The summed E-state index contributed by atoms with van der Waals surface area (Å²) in [5.41, 5.74) is 3.23. The van der Waals surface area contributed by atoms with Crippen molar-refractivity contribution in [2.24, 2.45) is 7.05 Å². The second-order valence-corrected chi connectivity index (χ2v) is 7.52. The van der Waals surface area contributed by atoms with Crippen molar-refractivity contribution in [3.05, 3.63) is 78.6 Å². The van der Waals surface area contributed by atoms with Crippen molar-refractivity contribution in [2.45, 2.75) is 12.5 Å². The lowest BCUT2D eigenvalue weighted by Gasteiger charge is -2.17. The molecule has 0 unspecified atom stereocenters. The number of ether oxygens (including phenoxy) is 1. The highest BCUT2D eigenvalue weighted by atomic mass is 16.5.